The summed E-state index contributed by atoms with van der Waals surface area (Å²) in [5.41, 5.74) is 17.9. The number of fused-ring (bicyclic) bond motifs is 11. The van der Waals surface area contributed by atoms with Gasteiger partial charge < -0.3 is 36.1 Å². The van der Waals surface area contributed by atoms with E-state index in [1.165, 1.54) is 71.6 Å². The number of para-hydroxylation sites is 3. The Kier molecular flexibility index (Phi) is 26.6. The number of rotatable bonds is 21. The third-order valence-electron chi connectivity index (χ3n) is 25.4. The summed E-state index contributed by atoms with van der Waals surface area (Å²) in [7, 11) is 6.88. The molecule has 7 aromatic carbocycles. The highest BCUT2D eigenvalue weighted by Crippen LogP contribution is 2.47. The van der Waals surface area contributed by atoms with Crippen LogP contribution >= 0.6 is 24.0 Å². The largest absolute Gasteiger partial charge is 0.384 e. The Morgan fingerprint density at radius 2 is 1.06 bits per heavy atom. The van der Waals surface area contributed by atoms with E-state index >= 15 is 0 Å². The average molecular weight is 1920 g/mol. The van der Waals surface area contributed by atoms with Crippen molar-refractivity contribution in [2.75, 3.05) is 51.8 Å². The van der Waals surface area contributed by atoms with Crippen molar-refractivity contribution >= 4 is 115 Å². The van der Waals surface area contributed by atoms with Gasteiger partial charge in [-0.25, -0.2) is 62.0 Å². The summed E-state index contributed by atoms with van der Waals surface area (Å²) in [6.07, 6.45) is 17.0. The van der Waals surface area contributed by atoms with Gasteiger partial charge in [-0.05, 0) is 151 Å². The van der Waals surface area contributed by atoms with Crippen molar-refractivity contribution in [3.05, 3.63) is 325 Å². The molecule has 1 amide bonds. The first-order valence-corrected chi connectivity index (χ1v) is 47.9. The number of pyridine rings is 1. The molecular weight excluding hydrogens is 1810 g/mol. The first-order chi connectivity index (χ1) is 67.2. The summed E-state index contributed by atoms with van der Waals surface area (Å²) in [5, 5.41) is 38.8. The molecular formula is C103H109F3N28O4S2. The Labute approximate surface area is 815 Å². The molecule has 15 aromatic rings. The number of nitrogen functional groups attached to an aromatic ring is 1. The summed E-state index contributed by atoms with van der Waals surface area (Å²) in [6.45, 7) is 15.6. The zero-order valence-electron chi connectivity index (χ0n) is 79.8. The van der Waals surface area contributed by atoms with E-state index < -0.39 is 23.1 Å². The fraction of sp³-hybridized carbons (Fsp3) is 0.301. The van der Waals surface area contributed by atoms with Crippen LogP contribution in [0.15, 0.2) is 267 Å². The molecule has 4 atom stereocenters. The Hall–Kier alpha value is -15.4. The lowest BCUT2D eigenvalue weighted by Gasteiger charge is -2.35. The molecule has 21 rings (SSSR count). The molecule has 12 heterocycles. The number of hydrogen-bond donors (Lipinski definition) is 5. The fourth-order valence-corrected chi connectivity index (χ4v) is 19.4. The van der Waals surface area contributed by atoms with Crippen LogP contribution in [0.25, 0.3) is 33.7 Å². The standard InChI is InChI=1S/C29H26FN7S.C27H26N8O.C26H29N9O.C21H28F2N4O2S/c1-35-28(38)25-26(31-20-7-3-2-4-8-20)36(34-27(25)37-23-11-5-10-22(23)33-29(35)37)17-18-13-15-19(16-14-18)21-9-6-12-24(30)32-21;1-32-26(36)24-23(35-22-9-5-8-21(22)31-27(32)35)15-33(25(24)30-19-6-3-2-4-7-19)14-18-10-12-20(13-11-18)34-17-28-16-29-34;1-26(2,3)15-33-24-21(22(27)32(4)25(33)36)23(30-19-8-6-5-7-9-19)34(31-24)14-18-10-12-20(13-11-18)35-17-28-16-29-35;1-20(2,3)12-27-16(24)15(18(28)26(5)19(27)29)17(30-6)25-11-13-7-9-14(10-8-13)21(4,22)23/h2-4,6-9,12-16,22-23,31H,5,10-11,17H2,1H3;2-4,6-7,10-13,15-17,21-22,30H,5,8-9,14H2,1H3;5-13,16-17,27,30H,14-15H2,1-4H3;7-10H,11-12,24H2,1-6H3/t22-,23+;21-,22+;;/m11../s1. The Bertz CT molecular complexity index is 7460. The average Bonchev–Trinajstić information content (AvgIpc) is 1.56. The van der Waals surface area contributed by atoms with E-state index in [2.05, 4.69) is 99.6 Å². The second-order valence-electron chi connectivity index (χ2n) is 38.1. The Morgan fingerprint density at radius 1 is 0.557 bits per heavy atom. The number of aliphatic imine (C=N–C) groups is 3. The van der Waals surface area contributed by atoms with E-state index in [1.54, 1.807) is 63.0 Å². The smallest absolute Gasteiger partial charge is 0.332 e. The number of nitrogens with zero attached hydrogens (tertiary/aromatic N) is 23. The number of nitrogens with one attached hydrogen (secondary N) is 4. The summed E-state index contributed by atoms with van der Waals surface area (Å²) in [5.74, 6) is 1.54. The lowest BCUT2D eigenvalue weighted by molar-refractivity contribution is 0.0174. The van der Waals surface area contributed by atoms with Crippen LogP contribution in [0.5, 0.6) is 0 Å². The fourth-order valence-electron chi connectivity index (χ4n) is 18.5. The van der Waals surface area contributed by atoms with Crippen molar-refractivity contribution in [3.63, 3.8) is 0 Å². The van der Waals surface area contributed by atoms with Gasteiger partial charge in [0.05, 0.1) is 72.1 Å². The molecule has 2 fully saturated rings. The van der Waals surface area contributed by atoms with Crippen molar-refractivity contribution in [2.45, 2.75) is 156 Å². The lowest BCUT2D eigenvalue weighted by Crippen LogP contribution is -2.51. The number of thiocarbonyl (C=S) groups is 1. The molecule has 0 radical (unpaired) electrons. The number of thioether (sulfide) groups is 1. The first-order valence-electron chi connectivity index (χ1n) is 46.3. The van der Waals surface area contributed by atoms with Crippen LogP contribution in [0, 0.1) is 22.2 Å². The van der Waals surface area contributed by atoms with Crippen LogP contribution < -0.4 is 53.9 Å². The minimum Gasteiger partial charge on any atom is -0.384 e. The quantitative estimate of drug-likeness (QED) is 0.0193. The Balaban J connectivity index is 0.000000124. The number of guanidine groups is 2. The molecule has 0 unspecified atom stereocenters. The van der Waals surface area contributed by atoms with E-state index in [-0.39, 0.29) is 57.4 Å². The number of carbonyl (C=O) groups is 1. The zero-order chi connectivity index (χ0) is 98.3. The summed E-state index contributed by atoms with van der Waals surface area (Å²) in [6, 6.07) is 66.0. The van der Waals surface area contributed by atoms with Crippen LogP contribution in [-0.2, 0) is 59.3 Å². The molecule has 6 aliphatic rings. The molecule has 2 aliphatic carbocycles. The van der Waals surface area contributed by atoms with E-state index in [4.69, 9.17) is 43.5 Å². The molecule has 6 N–H and O–H groups in total. The van der Waals surface area contributed by atoms with Crippen LogP contribution in [0.1, 0.15) is 136 Å². The highest BCUT2D eigenvalue weighted by atomic mass is 32.2. The van der Waals surface area contributed by atoms with Gasteiger partial charge in [0.25, 0.3) is 17.4 Å². The number of anilines is 9. The second kappa shape index (κ2) is 39.2. The molecule has 2 saturated carbocycles. The van der Waals surface area contributed by atoms with Crippen molar-refractivity contribution < 1.29 is 18.0 Å². The van der Waals surface area contributed by atoms with E-state index in [0.29, 0.717) is 94.6 Å². The third-order valence-corrected chi connectivity index (χ3v) is 26.6. The third kappa shape index (κ3) is 19.7. The topological polar surface area (TPSA) is 339 Å². The van der Waals surface area contributed by atoms with E-state index in [9.17, 15) is 32.3 Å². The van der Waals surface area contributed by atoms with Gasteiger partial charge in [-0.2, -0.15) is 24.8 Å². The molecule has 0 spiro atoms. The predicted molar refractivity (Wildman–Crippen MR) is 548 cm³/mol. The van der Waals surface area contributed by atoms with Crippen molar-refractivity contribution in [2.24, 2.45) is 39.9 Å². The zero-order valence-corrected chi connectivity index (χ0v) is 81.4. The number of carbonyl (C=O) groups excluding carboxylic acids is 1. The molecule has 0 saturated heterocycles. The van der Waals surface area contributed by atoms with E-state index in [1.807, 2.05) is 207 Å². The highest BCUT2D eigenvalue weighted by molar-refractivity contribution is 8.13. The van der Waals surface area contributed by atoms with Crippen LogP contribution in [0.3, 0.4) is 0 Å². The van der Waals surface area contributed by atoms with Crippen LogP contribution in [-0.4, -0.2) is 159 Å². The minimum atomic E-state index is -2.91. The Morgan fingerprint density at radius 3 is 1.59 bits per heavy atom. The maximum Gasteiger partial charge on any atom is 0.332 e. The molecule has 140 heavy (non-hydrogen) atoms. The normalized spacial score (nSPS) is 16.4. The maximum atomic E-state index is 13.7. The first kappa shape index (κ1) is 94.9. The maximum absolute atomic E-state index is 13.7. The van der Waals surface area contributed by atoms with Crippen LogP contribution in [0.4, 0.5) is 65.0 Å². The monoisotopic (exact) mass is 1920 g/mol. The number of alkyl halides is 2. The molecule has 4 aliphatic heterocycles. The predicted octanol–water partition coefficient (Wildman–Crippen LogP) is 16.7. The SMILES string of the molecule is CN1C(=O)c2c(cn(Cc3ccc(-n4cncn4)cc3)c2Nc2ccccc2)N2C1=N[C@@H]1CCC[C@@H]12.CN1C(=S)c2c(nn(Cc3ccc(-c4cccc(F)n4)cc3)c2Nc2ccccc2)N2C1=N[C@@H]1CCC[C@@H]12.CSC(=NCc1ccc(C(C)(F)F)cc1)c1c(N)n(CC(C)(C)C)c(=O)n(C)c1=O.Cn1c(=N)c2c(Nc3ccccc3)n(Cc3ccc(-n4cncn4)cc3)nc2n(CC(C)(C)C)c1=O. The van der Waals surface area contributed by atoms with Crippen molar-refractivity contribution in [3.8, 4) is 22.6 Å². The molecule has 718 valence electrons. The van der Waals surface area contributed by atoms with Gasteiger partial charge in [-0.3, -0.25) is 48.1 Å². The van der Waals surface area contributed by atoms with Gasteiger partial charge in [-0.1, -0.05) is 187 Å². The minimum absolute atomic E-state index is 0.0290. The van der Waals surface area contributed by atoms with Gasteiger partial charge in [0, 0.05) is 89.1 Å². The number of benzene rings is 7. The van der Waals surface area contributed by atoms with Gasteiger partial charge in [0.1, 0.15) is 80.6 Å². The molecule has 37 heteroatoms. The van der Waals surface area contributed by atoms with Crippen LogP contribution in [0.2, 0.25) is 0 Å². The summed E-state index contributed by atoms with van der Waals surface area (Å²) < 4.78 is 55.3. The highest BCUT2D eigenvalue weighted by Gasteiger charge is 2.50. The summed E-state index contributed by atoms with van der Waals surface area (Å²) in [4.78, 5) is 87.8. The van der Waals surface area contributed by atoms with Gasteiger partial charge in [0.15, 0.2) is 11.5 Å². The second-order valence-corrected chi connectivity index (χ2v) is 39.2. The van der Waals surface area contributed by atoms with Crippen molar-refractivity contribution in [1.29, 1.82) is 5.41 Å². The number of nitrogens with two attached hydrogens (primary N) is 1. The lowest BCUT2D eigenvalue weighted by atomic mass is 9.97. The van der Waals surface area contributed by atoms with Crippen molar-refractivity contribution in [1.82, 2.24) is 86.7 Å². The van der Waals surface area contributed by atoms with Gasteiger partial charge in [0.2, 0.25) is 17.9 Å². The summed E-state index contributed by atoms with van der Waals surface area (Å²) >= 11 is 7.23. The number of aromatic nitrogens is 16. The number of hydrogen-bond acceptors (Lipinski definition) is 23. The van der Waals surface area contributed by atoms with Gasteiger partial charge >= 0.3 is 11.4 Å². The van der Waals surface area contributed by atoms with Gasteiger partial charge in [-0.15, -0.1) is 11.8 Å². The number of halogens is 3. The van der Waals surface area contributed by atoms with E-state index in [0.717, 1.165) is 128 Å². The molecule has 8 aromatic heterocycles. The number of amides is 1. The molecule has 0 bridgehead atoms. The molecule has 32 nitrogen and oxygen atoms in total.